The Morgan fingerprint density at radius 3 is 2.53 bits per heavy atom. The predicted molar refractivity (Wildman–Crippen MR) is 139 cm³/mol. The summed E-state index contributed by atoms with van der Waals surface area (Å²) in [5, 5.41) is 10.1. The number of benzene rings is 1. The first-order chi connectivity index (χ1) is 17.6. The second kappa shape index (κ2) is 10.9. The van der Waals surface area contributed by atoms with Gasteiger partial charge in [-0.05, 0) is 43.5 Å². The molecular formula is C28H35N5O3. The van der Waals surface area contributed by atoms with Crippen LogP contribution in [0, 0.1) is 11.3 Å². The van der Waals surface area contributed by atoms with Crippen molar-refractivity contribution in [2.24, 2.45) is 0 Å². The number of methoxy groups -OCH3 is 1. The normalized spacial score (nSPS) is 20.4. The van der Waals surface area contributed by atoms with Gasteiger partial charge in [-0.15, -0.1) is 0 Å². The average Bonchev–Trinajstić information content (AvgIpc) is 3.77. The third-order valence-electron chi connectivity index (χ3n) is 7.44. The van der Waals surface area contributed by atoms with Crippen LogP contribution in [0.25, 0.3) is 11.1 Å². The SMILES string of the molecule is COCCC(=O)N1CCN(c2nc(C3CC3)c(-c3ccc(N4CCOCC4)cc3)cc2C#N)C[C@H]1C. The van der Waals surface area contributed by atoms with E-state index in [1.165, 1.54) is 5.69 Å². The van der Waals surface area contributed by atoms with Gasteiger partial charge in [0.25, 0.3) is 0 Å². The highest BCUT2D eigenvalue weighted by atomic mass is 16.5. The molecule has 2 saturated heterocycles. The molecule has 0 bridgehead atoms. The van der Waals surface area contributed by atoms with Gasteiger partial charge in [0, 0.05) is 63.0 Å². The van der Waals surface area contributed by atoms with Crippen LogP contribution in [0.1, 0.15) is 43.4 Å². The van der Waals surface area contributed by atoms with Crippen molar-refractivity contribution in [2.75, 3.05) is 69.5 Å². The van der Waals surface area contributed by atoms with Crippen LogP contribution in [-0.4, -0.2) is 81.5 Å². The van der Waals surface area contributed by atoms with E-state index in [-0.39, 0.29) is 11.9 Å². The number of nitriles is 1. The molecule has 8 heteroatoms. The number of amides is 1. The summed E-state index contributed by atoms with van der Waals surface area (Å²) >= 11 is 0. The van der Waals surface area contributed by atoms with Gasteiger partial charge in [-0.2, -0.15) is 5.26 Å². The molecule has 8 nitrogen and oxygen atoms in total. The van der Waals surface area contributed by atoms with E-state index in [9.17, 15) is 10.1 Å². The molecular weight excluding hydrogens is 454 g/mol. The minimum atomic E-state index is 0.0493. The quantitative estimate of drug-likeness (QED) is 0.590. The molecule has 0 spiro atoms. The van der Waals surface area contributed by atoms with E-state index >= 15 is 0 Å². The molecule has 1 atom stereocenters. The largest absolute Gasteiger partial charge is 0.384 e. The van der Waals surface area contributed by atoms with Gasteiger partial charge in [0.15, 0.2) is 0 Å². The summed E-state index contributed by atoms with van der Waals surface area (Å²) in [4.78, 5) is 24.1. The lowest BCUT2D eigenvalue weighted by molar-refractivity contribution is -0.134. The lowest BCUT2D eigenvalue weighted by Gasteiger charge is -2.41. The van der Waals surface area contributed by atoms with E-state index < -0.39 is 0 Å². The maximum atomic E-state index is 12.6. The Hall–Kier alpha value is -3.15. The number of carbonyl (C=O) groups excluding carboxylic acids is 1. The molecule has 0 N–H and O–H groups in total. The Labute approximate surface area is 213 Å². The van der Waals surface area contributed by atoms with Crippen molar-refractivity contribution in [3.63, 3.8) is 0 Å². The number of hydrogen-bond acceptors (Lipinski definition) is 7. The van der Waals surface area contributed by atoms with E-state index in [1.54, 1.807) is 7.11 Å². The van der Waals surface area contributed by atoms with Crippen LogP contribution >= 0.6 is 0 Å². The van der Waals surface area contributed by atoms with Crippen molar-refractivity contribution in [1.82, 2.24) is 9.88 Å². The van der Waals surface area contributed by atoms with Gasteiger partial charge in [0.1, 0.15) is 11.9 Å². The molecule has 1 aliphatic carbocycles. The van der Waals surface area contributed by atoms with E-state index in [4.69, 9.17) is 14.5 Å². The van der Waals surface area contributed by atoms with Crippen molar-refractivity contribution < 1.29 is 14.3 Å². The van der Waals surface area contributed by atoms with Crippen LogP contribution in [-0.2, 0) is 14.3 Å². The zero-order valence-corrected chi connectivity index (χ0v) is 21.3. The van der Waals surface area contributed by atoms with Gasteiger partial charge in [-0.1, -0.05) is 12.1 Å². The lowest BCUT2D eigenvalue weighted by Crippen LogP contribution is -2.54. The summed E-state index contributed by atoms with van der Waals surface area (Å²) in [5.41, 5.74) is 5.05. The van der Waals surface area contributed by atoms with Gasteiger partial charge in [-0.3, -0.25) is 4.79 Å². The Morgan fingerprint density at radius 1 is 1.14 bits per heavy atom. The fraction of sp³-hybridized carbons (Fsp3) is 0.536. The standard InChI is InChI=1S/C28H35N5O3/c1-20-19-32(10-11-33(20)26(34)9-14-35-2)28-23(18-29)17-25(27(30-28)22-3-4-22)21-5-7-24(8-6-21)31-12-15-36-16-13-31/h5-8,17,20,22H,3-4,9-16,19H2,1-2H3/t20-/m1/s1. The predicted octanol–water partition coefficient (Wildman–Crippen LogP) is 3.41. The number of rotatable bonds is 7. The molecule has 3 heterocycles. The Morgan fingerprint density at radius 2 is 1.89 bits per heavy atom. The van der Waals surface area contributed by atoms with Crippen molar-refractivity contribution in [3.8, 4) is 17.2 Å². The first-order valence-corrected chi connectivity index (χ1v) is 13.0. The second-order valence-corrected chi connectivity index (χ2v) is 9.95. The minimum Gasteiger partial charge on any atom is -0.384 e. The van der Waals surface area contributed by atoms with Crippen molar-refractivity contribution in [3.05, 3.63) is 41.6 Å². The van der Waals surface area contributed by atoms with Crippen molar-refractivity contribution in [1.29, 1.82) is 5.26 Å². The number of morpholine rings is 1. The van der Waals surface area contributed by atoms with Crippen LogP contribution in [0.4, 0.5) is 11.5 Å². The molecule has 5 rings (SSSR count). The highest BCUT2D eigenvalue weighted by Gasteiger charge is 2.33. The smallest absolute Gasteiger partial charge is 0.225 e. The van der Waals surface area contributed by atoms with E-state index in [2.05, 4.69) is 47.1 Å². The number of ether oxygens (including phenoxy) is 2. The fourth-order valence-electron chi connectivity index (χ4n) is 5.27. The maximum Gasteiger partial charge on any atom is 0.225 e. The number of pyridine rings is 1. The van der Waals surface area contributed by atoms with Gasteiger partial charge in [0.05, 0.1) is 37.5 Å². The molecule has 0 unspecified atom stereocenters. The molecule has 3 aliphatic rings. The lowest BCUT2D eigenvalue weighted by atomic mass is 9.98. The molecule has 2 aromatic rings. The zero-order valence-electron chi connectivity index (χ0n) is 21.3. The summed E-state index contributed by atoms with van der Waals surface area (Å²) < 4.78 is 10.6. The molecule has 0 radical (unpaired) electrons. The number of carbonyl (C=O) groups is 1. The third kappa shape index (κ3) is 5.18. The monoisotopic (exact) mass is 489 g/mol. The van der Waals surface area contributed by atoms with Gasteiger partial charge < -0.3 is 24.2 Å². The Balaban J connectivity index is 1.39. The molecule has 1 aromatic carbocycles. The minimum absolute atomic E-state index is 0.0493. The van der Waals surface area contributed by atoms with E-state index in [0.717, 1.165) is 61.8 Å². The molecule has 36 heavy (non-hydrogen) atoms. The van der Waals surface area contributed by atoms with Crippen LogP contribution in [0.5, 0.6) is 0 Å². The van der Waals surface area contributed by atoms with Crippen molar-refractivity contribution >= 4 is 17.4 Å². The average molecular weight is 490 g/mol. The number of hydrogen-bond donors (Lipinski definition) is 0. The fourth-order valence-corrected chi connectivity index (χ4v) is 5.27. The first-order valence-electron chi connectivity index (χ1n) is 13.0. The highest BCUT2D eigenvalue weighted by Crippen LogP contribution is 2.45. The maximum absolute atomic E-state index is 12.6. The summed E-state index contributed by atoms with van der Waals surface area (Å²) in [6, 6.07) is 13.1. The van der Waals surface area contributed by atoms with Crippen LogP contribution in [0.2, 0.25) is 0 Å². The van der Waals surface area contributed by atoms with Gasteiger partial charge >= 0.3 is 0 Å². The summed E-state index contributed by atoms with van der Waals surface area (Å²) in [5.74, 6) is 1.32. The molecule has 190 valence electrons. The zero-order chi connectivity index (χ0) is 25.1. The molecule has 2 aliphatic heterocycles. The summed E-state index contributed by atoms with van der Waals surface area (Å²) in [6.45, 7) is 7.80. The first kappa shape index (κ1) is 24.5. The Kier molecular flexibility index (Phi) is 7.40. The topological polar surface area (TPSA) is 81.9 Å². The van der Waals surface area contributed by atoms with Gasteiger partial charge in [0.2, 0.25) is 5.91 Å². The van der Waals surface area contributed by atoms with Crippen LogP contribution in [0.15, 0.2) is 30.3 Å². The Bertz CT molecular complexity index is 1120. The third-order valence-corrected chi connectivity index (χ3v) is 7.44. The van der Waals surface area contributed by atoms with Crippen molar-refractivity contribution in [2.45, 2.75) is 38.1 Å². The number of nitrogens with zero attached hydrogens (tertiary/aromatic N) is 5. The van der Waals surface area contributed by atoms with E-state index in [1.807, 2.05) is 11.0 Å². The van der Waals surface area contributed by atoms with Crippen LogP contribution in [0.3, 0.4) is 0 Å². The summed E-state index contributed by atoms with van der Waals surface area (Å²) in [7, 11) is 1.61. The van der Waals surface area contributed by atoms with E-state index in [0.29, 0.717) is 44.1 Å². The van der Waals surface area contributed by atoms with Crippen LogP contribution < -0.4 is 9.80 Å². The highest BCUT2D eigenvalue weighted by molar-refractivity contribution is 5.77. The molecule has 1 aromatic heterocycles. The number of piperazine rings is 1. The number of aromatic nitrogens is 1. The van der Waals surface area contributed by atoms with Gasteiger partial charge in [-0.25, -0.2) is 4.98 Å². The molecule has 3 fully saturated rings. The molecule has 1 amide bonds. The molecule has 1 saturated carbocycles. The second-order valence-electron chi connectivity index (χ2n) is 9.95. The summed E-state index contributed by atoms with van der Waals surface area (Å²) in [6.07, 6.45) is 2.66. The number of anilines is 2.